The summed E-state index contributed by atoms with van der Waals surface area (Å²) in [5.41, 5.74) is 0. The fourth-order valence-electron chi connectivity index (χ4n) is 2.29. The molecule has 0 unspecified atom stereocenters. The second-order valence-electron chi connectivity index (χ2n) is 7.08. The standard InChI is InChI=1S/C21H25Cl3O4S/c1-4-14(2)12-27-20-7-5-16(9-18(20)23)29(25,26)17-6-8-21(19(24)10-17)28-13-15(3)11-22/h5-10,14-15H,4,11-13H2,1-3H3/t14-,15+/m0/s1. The van der Waals surface area contributed by atoms with E-state index in [0.29, 0.717) is 36.5 Å². The molecule has 2 aromatic carbocycles. The molecule has 0 amide bonds. The van der Waals surface area contributed by atoms with Crippen LogP contribution in [0.25, 0.3) is 0 Å². The smallest absolute Gasteiger partial charge is 0.206 e. The molecule has 0 bridgehead atoms. The van der Waals surface area contributed by atoms with Gasteiger partial charge in [-0.3, -0.25) is 0 Å². The van der Waals surface area contributed by atoms with Crippen LogP contribution >= 0.6 is 34.8 Å². The van der Waals surface area contributed by atoms with Crippen LogP contribution in [0.4, 0.5) is 0 Å². The van der Waals surface area contributed by atoms with Gasteiger partial charge in [-0.25, -0.2) is 8.42 Å². The van der Waals surface area contributed by atoms with E-state index in [-0.39, 0.29) is 25.8 Å². The second kappa shape index (κ2) is 10.8. The third-order valence-corrected chi connectivity index (χ3v) is 7.30. The third kappa shape index (κ3) is 6.42. The largest absolute Gasteiger partial charge is 0.492 e. The molecule has 0 radical (unpaired) electrons. The molecule has 2 rings (SSSR count). The van der Waals surface area contributed by atoms with Crippen molar-refractivity contribution >= 4 is 44.6 Å². The van der Waals surface area contributed by atoms with Gasteiger partial charge >= 0.3 is 0 Å². The Hall–Kier alpha value is -1.14. The molecule has 2 aromatic rings. The minimum Gasteiger partial charge on any atom is -0.492 e. The number of benzene rings is 2. The molecule has 0 saturated carbocycles. The summed E-state index contributed by atoms with van der Waals surface area (Å²) in [5.74, 6) is 1.86. The molecule has 0 aliphatic heterocycles. The lowest BCUT2D eigenvalue weighted by molar-refractivity contribution is 0.256. The van der Waals surface area contributed by atoms with Crippen LogP contribution in [0.2, 0.25) is 10.0 Å². The monoisotopic (exact) mass is 478 g/mol. The number of rotatable bonds is 10. The molecule has 0 saturated heterocycles. The summed E-state index contributed by atoms with van der Waals surface area (Å²) in [7, 11) is -3.79. The number of halogens is 3. The summed E-state index contributed by atoms with van der Waals surface area (Å²) in [6.07, 6.45) is 0.981. The Morgan fingerprint density at radius 2 is 1.31 bits per heavy atom. The van der Waals surface area contributed by atoms with E-state index in [1.54, 1.807) is 12.1 Å². The Balaban J connectivity index is 2.21. The predicted octanol–water partition coefficient (Wildman–Crippen LogP) is 6.50. The molecule has 0 aromatic heterocycles. The van der Waals surface area contributed by atoms with Crippen molar-refractivity contribution in [3.05, 3.63) is 46.4 Å². The second-order valence-corrected chi connectivity index (χ2v) is 10.2. The zero-order valence-electron chi connectivity index (χ0n) is 16.6. The lowest BCUT2D eigenvalue weighted by Crippen LogP contribution is -2.10. The van der Waals surface area contributed by atoms with Crippen LogP contribution in [0.5, 0.6) is 11.5 Å². The van der Waals surface area contributed by atoms with Gasteiger partial charge in [-0.2, -0.15) is 0 Å². The summed E-state index contributed by atoms with van der Waals surface area (Å²) < 4.78 is 37.2. The van der Waals surface area contributed by atoms with Gasteiger partial charge in [0.05, 0.1) is 33.0 Å². The van der Waals surface area contributed by atoms with Crippen LogP contribution in [-0.2, 0) is 9.84 Å². The number of hydrogen-bond acceptors (Lipinski definition) is 4. The highest BCUT2D eigenvalue weighted by Crippen LogP contribution is 2.33. The first-order chi connectivity index (χ1) is 13.7. The maximum Gasteiger partial charge on any atom is 0.206 e. The normalized spacial score (nSPS) is 13.7. The molecule has 0 fully saturated rings. The average Bonchev–Trinajstić information content (AvgIpc) is 2.71. The quantitative estimate of drug-likeness (QED) is 0.365. The van der Waals surface area contributed by atoms with Gasteiger partial charge in [0.2, 0.25) is 9.84 Å². The molecule has 160 valence electrons. The van der Waals surface area contributed by atoms with E-state index in [1.807, 2.05) is 6.92 Å². The Bertz CT molecular complexity index is 862. The first-order valence-corrected chi connectivity index (χ1v) is 12.1. The van der Waals surface area contributed by atoms with Gasteiger partial charge in [0.25, 0.3) is 0 Å². The minimum absolute atomic E-state index is 0.0598. The number of sulfone groups is 1. The molecular formula is C21H25Cl3O4S. The highest BCUT2D eigenvalue weighted by atomic mass is 35.5. The van der Waals surface area contributed by atoms with Crippen LogP contribution in [0.3, 0.4) is 0 Å². The molecule has 0 heterocycles. The van der Waals surface area contributed by atoms with E-state index < -0.39 is 9.84 Å². The summed E-state index contributed by atoms with van der Waals surface area (Å²) in [4.78, 5) is 0.128. The highest BCUT2D eigenvalue weighted by Gasteiger charge is 2.21. The number of hydrogen-bond donors (Lipinski definition) is 0. The molecular weight excluding hydrogens is 455 g/mol. The van der Waals surface area contributed by atoms with Crippen LogP contribution in [0.1, 0.15) is 27.2 Å². The average molecular weight is 480 g/mol. The molecule has 2 atom stereocenters. The van der Waals surface area contributed by atoms with Gasteiger partial charge in [-0.15, -0.1) is 11.6 Å². The summed E-state index contributed by atoms with van der Waals surface area (Å²) in [6.45, 7) is 7.00. The van der Waals surface area contributed by atoms with E-state index in [2.05, 4.69) is 13.8 Å². The van der Waals surface area contributed by atoms with Crippen molar-refractivity contribution in [2.75, 3.05) is 19.1 Å². The Morgan fingerprint density at radius 1 is 0.862 bits per heavy atom. The van der Waals surface area contributed by atoms with Crippen molar-refractivity contribution in [2.45, 2.75) is 37.0 Å². The fraction of sp³-hybridized carbons (Fsp3) is 0.429. The zero-order valence-corrected chi connectivity index (χ0v) is 19.7. The van der Waals surface area contributed by atoms with Crippen LogP contribution in [0.15, 0.2) is 46.2 Å². The Morgan fingerprint density at radius 3 is 1.69 bits per heavy atom. The number of alkyl halides is 1. The van der Waals surface area contributed by atoms with Crippen LogP contribution < -0.4 is 9.47 Å². The summed E-state index contributed by atoms with van der Waals surface area (Å²) in [5, 5.41) is 0.461. The van der Waals surface area contributed by atoms with Gasteiger partial charge in [-0.05, 0) is 42.3 Å². The van der Waals surface area contributed by atoms with Crippen LogP contribution in [-0.4, -0.2) is 27.5 Å². The molecule has 0 N–H and O–H groups in total. The van der Waals surface area contributed by atoms with Gasteiger partial charge < -0.3 is 9.47 Å². The van der Waals surface area contributed by atoms with E-state index >= 15 is 0 Å². The topological polar surface area (TPSA) is 52.6 Å². The minimum atomic E-state index is -3.79. The first-order valence-electron chi connectivity index (χ1n) is 9.34. The molecule has 0 spiro atoms. The predicted molar refractivity (Wildman–Crippen MR) is 119 cm³/mol. The molecule has 8 heteroatoms. The molecule has 29 heavy (non-hydrogen) atoms. The van der Waals surface area contributed by atoms with Crippen molar-refractivity contribution in [3.8, 4) is 11.5 Å². The lowest BCUT2D eigenvalue weighted by Gasteiger charge is -2.14. The molecule has 0 aliphatic carbocycles. The van der Waals surface area contributed by atoms with E-state index in [9.17, 15) is 8.42 Å². The van der Waals surface area contributed by atoms with Crippen molar-refractivity contribution in [3.63, 3.8) is 0 Å². The summed E-state index contributed by atoms with van der Waals surface area (Å²) in [6, 6.07) is 8.82. The Labute approximate surface area is 188 Å². The van der Waals surface area contributed by atoms with Crippen LogP contribution in [0, 0.1) is 11.8 Å². The van der Waals surface area contributed by atoms with Crippen molar-refractivity contribution in [1.29, 1.82) is 0 Å². The van der Waals surface area contributed by atoms with Gasteiger partial charge in [0.1, 0.15) is 11.5 Å². The SMILES string of the molecule is CC[C@H](C)COc1ccc(S(=O)(=O)c2ccc(OC[C@H](C)CCl)c(Cl)c2)cc1Cl. The lowest BCUT2D eigenvalue weighted by atomic mass is 10.1. The van der Waals surface area contributed by atoms with Crippen molar-refractivity contribution in [1.82, 2.24) is 0 Å². The fourth-order valence-corrected chi connectivity index (χ4v) is 4.30. The van der Waals surface area contributed by atoms with E-state index in [4.69, 9.17) is 44.3 Å². The zero-order chi connectivity index (χ0) is 21.6. The summed E-state index contributed by atoms with van der Waals surface area (Å²) >= 11 is 18.2. The van der Waals surface area contributed by atoms with Gasteiger partial charge in [-0.1, -0.05) is 50.4 Å². The molecule has 4 nitrogen and oxygen atoms in total. The van der Waals surface area contributed by atoms with E-state index in [1.165, 1.54) is 24.3 Å². The third-order valence-electron chi connectivity index (χ3n) is 4.43. The van der Waals surface area contributed by atoms with Gasteiger partial charge in [0, 0.05) is 11.8 Å². The maximum absolute atomic E-state index is 13.0. The van der Waals surface area contributed by atoms with Gasteiger partial charge in [0.15, 0.2) is 0 Å². The maximum atomic E-state index is 13.0. The van der Waals surface area contributed by atoms with E-state index in [0.717, 1.165) is 6.42 Å². The van der Waals surface area contributed by atoms with Crippen molar-refractivity contribution in [2.24, 2.45) is 11.8 Å². The first kappa shape index (κ1) is 24.1. The van der Waals surface area contributed by atoms with Crippen molar-refractivity contribution < 1.29 is 17.9 Å². The molecule has 0 aliphatic rings. The number of ether oxygens (including phenoxy) is 2. The highest BCUT2D eigenvalue weighted by molar-refractivity contribution is 7.91. The Kier molecular flexibility index (Phi) is 8.95.